The van der Waals surface area contributed by atoms with E-state index in [-0.39, 0.29) is 12.2 Å². The number of piperazine rings is 1. The van der Waals surface area contributed by atoms with Crippen molar-refractivity contribution in [2.75, 3.05) is 39.3 Å². The molecule has 0 amide bonds. The summed E-state index contributed by atoms with van der Waals surface area (Å²) >= 11 is 12.2. The highest BCUT2D eigenvalue weighted by Crippen LogP contribution is 2.32. The van der Waals surface area contributed by atoms with E-state index in [0.29, 0.717) is 45.6 Å². The second kappa shape index (κ2) is 9.97. The Labute approximate surface area is 190 Å². The summed E-state index contributed by atoms with van der Waals surface area (Å²) in [6.07, 6.45) is -0.655. The Kier molecular flexibility index (Phi) is 7.09. The number of nitrogens with one attached hydrogen (secondary N) is 1. The number of para-hydroxylation sites is 2. The maximum atomic E-state index is 12.2. The van der Waals surface area contributed by atoms with Gasteiger partial charge in [-0.15, -0.1) is 0 Å². The van der Waals surface area contributed by atoms with Gasteiger partial charge in [-0.1, -0.05) is 41.4 Å². The molecule has 31 heavy (non-hydrogen) atoms. The molecule has 0 bridgehead atoms. The van der Waals surface area contributed by atoms with Gasteiger partial charge in [-0.05, 0) is 24.3 Å². The second-order valence-electron chi connectivity index (χ2n) is 7.62. The third-order valence-corrected chi connectivity index (χ3v) is 5.90. The minimum atomic E-state index is -0.655. The number of benzene rings is 2. The molecule has 1 aromatic heterocycles. The molecule has 9 heteroatoms. The molecule has 1 saturated heterocycles. The zero-order valence-corrected chi connectivity index (χ0v) is 18.4. The Morgan fingerprint density at radius 2 is 1.71 bits per heavy atom. The van der Waals surface area contributed by atoms with Crippen LogP contribution in [0.2, 0.25) is 10.0 Å². The standard InChI is InChI=1S/C22H24Cl2N4O3/c23-17-5-3-6-18(24)21(17)31-14-15(29)12-27-8-10-28(11-9-27)13-20-25-19-7-2-1-4-16(19)22(30)26-20/h1-7,15,29H,8-14H2,(H,25,26,30). The molecule has 2 N–H and O–H groups in total. The third kappa shape index (κ3) is 5.56. The molecule has 3 aromatic rings. The number of aliphatic hydroxyl groups excluding tert-OH is 1. The largest absolute Gasteiger partial charge is 0.488 e. The van der Waals surface area contributed by atoms with Crippen molar-refractivity contribution in [3.8, 4) is 5.75 Å². The van der Waals surface area contributed by atoms with Gasteiger partial charge in [-0.25, -0.2) is 4.98 Å². The zero-order valence-electron chi connectivity index (χ0n) is 16.9. The monoisotopic (exact) mass is 462 g/mol. The van der Waals surface area contributed by atoms with Crippen LogP contribution in [0.3, 0.4) is 0 Å². The molecule has 1 fully saturated rings. The maximum Gasteiger partial charge on any atom is 0.258 e. The highest BCUT2D eigenvalue weighted by molar-refractivity contribution is 6.37. The lowest BCUT2D eigenvalue weighted by Gasteiger charge is -2.35. The quantitative estimate of drug-likeness (QED) is 0.561. The first-order valence-electron chi connectivity index (χ1n) is 10.2. The fourth-order valence-electron chi connectivity index (χ4n) is 3.70. The lowest BCUT2D eigenvalue weighted by molar-refractivity contribution is 0.0442. The summed E-state index contributed by atoms with van der Waals surface area (Å²) in [5, 5.41) is 11.8. The topological polar surface area (TPSA) is 81.7 Å². The molecule has 1 aliphatic heterocycles. The van der Waals surface area contributed by atoms with Crippen molar-refractivity contribution in [3.05, 3.63) is 68.7 Å². The van der Waals surface area contributed by atoms with Gasteiger partial charge in [0.05, 0.1) is 27.5 Å². The number of halogens is 2. The Morgan fingerprint density at radius 1 is 1.03 bits per heavy atom. The van der Waals surface area contributed by atoms with Crippen LogP contribution in [-0.2, 0) is 6.54 Å². The Balaban J connectivity index is 1.26. The summed E-state index contributed by atoms with van der Waals surface area (Å²) in [6.45, 7) is 4.46. The third-order valence-electron chi connectivity index (χ3n) is 5.31. The van der Waals surface area contributed by atoms with Crippen LogP contribution < -0.4 is 10.3 Å². The minimum Gasteiger partial charge on any atom is -0.488 e. The Hall–Kier alpha value is -2.16. The van der Waals surface area contributed by atoms with Gasteiger partial charge in [0.15, 0.2) is 5.75 Å². The predicted molar refractivity (Wildman–Crippen MR) is 122 cm³/mol. The van der Waals surface area contributed by atoms with Crippen LogP contribution in [0.15, 0.2) is 47.3 Å². The summed E-state index contributed by atoms with van der Waals surface area (Å²) in [4.78, 5) is 24.1. The number of aromatic amines is 1. The summed E-state index contributed by atoms with van der Waals surface area (Å²) in [7, 11) is 0. The number of H-pyrrole nitrogens is 1. The number of hydrogen-bond acceptors (Lipinski definition) is 6. The molecular formula is C22H24Cl2N4O3. The van der Waals surface area contributed by atoms with Gasteiger partial charge in [0.1, 0.15) is 18.5 Å². The van der Waals surface area contributed by atoms with Crippen molar-refractivity contribution >= 4 is 34.1 Å². The average Bonchev–Trinajstić information content (AvgIpc) is 2.75. The molecule has 2 heterocycles. The highest BCUT2D eigenvalue weighted by atomic mass is 35.5. The average molecular weight is 463 g/mol. The van der Waals surface area contributed by atoms with Gasteiger partial charge in [0.2, 0.25) is 0 Å². The molecule has 0 radical (unpaired) electrons. The summed E-state index contributed by atoms with van der Waals surface area (Å²) < 4.78 is 5.62. The fourth-order valence-corrected chi connectivity index (χ4v) is 4.21. The predicted octanol–water partition coefficient (Wildman–Crippen LogP) is 2.79. The highest BCUT2D eigenvalue weighted by Gasteiger charge is 2.21. The SMILES string of the molecule is O=c1[nH]c(CN2CCN(CC(O)COc3c(Cl)cccc3Cl)CC2)nc2ccccc12. The molecule has 7 nitrogen and oxygen atoms in total. The van der Waals surface area contributed by atoms with Gasteiger partial charge in [-0.2, -0.15) is 0 Å². The first-order valence-corrected chi connectivity index (χ1v) is 10.9. The van der Waals surface area contributed by atoms with E-state index in [1.54, 1.807) is 24.3 Å². The number of fused-ring (bicyclic) bond motifs is 1. The van der Waals surface area contributed by atoms with Crippen molar-refractivity contribution < 1.29 is 9.84 Å². The van der Waals surface area contributed by atoms with Gasteiger partial charge >= 0.3 is 0 Å². The van der Waals surface area contributed by atoms with Crippen LogP contribution >= 0.6 is 23.2 Å². The smallest absolute Gasteiger partial charge is 0.258 e. The number of ether oxygens (including phenoxy) is 1. The normalized spacial score (nSPS) is 16.5. The van der Waals surface area contributed by atoms with Crippen LogP contribution in [0.4, 0.5) is 0 Å². The van der Waals surface area contributed by atoms with Gasteiger partial charge in [0.25, 0.3) is 5.56 Å². The molecule has 0 saturated carbocycles. The summed E-state index contributed by atoms with van der Waals surface area (Å²) in [6, 6.07) is 12.5. The van der Waals surface area contributed by atoms with E-state index in [9.17, 15) is 9.90 Å². The van der Waals surface area contributed by atoms with Crippen molar-refractivity contribution in [1.29, 1.82) is 0 Å². The zero-order chi connectivity index (χ0) is 21.8. The maximum absolute atomic E-state index is 12.2. The molecule has 1 aliphatic rings. The number of nitrogens with zero attached hydrogens (tertiary/aromatic N) is 3. The van der Waals surface area contributed by atoms with Gasteiger partial charge < -0.3 is 14.8 Å². The number of β-amino-alcohol motifs (C(OH)–C–C–N with tert-alkyl or cyclic N) is 1. The van der Waals surface area contributed by atoms with Crippen molar-refractivity contribution in [2.45, 2.75) is 12.6 Å². The van der Waals surface area contributed by atoms with Crippen molar-refractivity contribution in [1.82, 2.24) is 19.8 Å². The number of aliphatic hydroxyl groups is 1. The molecule has 164 valence electrons. The number of aromatic nitrogens is 2. The Morgan fingerprint density at radius 3 is 2.45 bits per heavy atom. The van der Waals surface area contributed by atoms with E-state index in [1.807, 2.05) is 18.2 Å². The molecule has 4 rings (SSSR count). The van der Waals surface area contributed by atoms with Crippen LogP contribution in [0.5, 0.6) is 5.75 Å². The molecule has 1 atom stereocenters. The fraction of sp³-hybridized carbons (Fsp3) is 0.364. The molecule has 1 unspecified atom stereocenters. The summed E-state index contributed by atoms with van der Waals surface area (Å²) in [5.41, 5.74) is 0.600. The van der Waals surface area contributed by atoms with Gasteiger partial charge in [-0.3, -0.25) is 14.6 Å². The van der Waals surface area contributed by atoms with E-state index >= 15 is 0 Å². The van der Waals surface area contributed by atoms with Crippen LogP contribution in [0, 0.1) is 0 Å². The molecule has 0 spiro atoms. The molecule has 2 aromatic carbocycles. The van der Waals surface area contributed by atoms with E-state index in [2.05, 4.69) is 19.8 Å². The molecular weight excluding hydrogens is 439 g/mol. The lowest BCUT2D eigenvalue weighted by atomic mass is 10.2. The lowest BCUT2D eigenvalue weighted by Crippen LogP contribution is -2.49. The van der Waals surface area contributed by atoms with Gasteiger partial charge in [0, 0.05) is 32.7 Å². The van der Waals surface area contributed by atoms with E-state index in [4.69, 9.17) is 27.9 Å². The van der Waals surface area contributed by atoms with Crippen molar-refractivity contribution in [3.63, 3.8) is 0 Å². The van der Waals surface area contributed by atoms with E-state index in [1.165, 1.54) is 0 Å². The van der Waals surface area contributed by atoms with E-state index in [0.717, 1.165) is 26.2 Å². The van der Waals surface area contributed by atoms with Crippen LogP contribution in [0.1, 0.15) is 5.82 Å². The first-order chi connectivity index (χ1) is 15.0. The summed E-state index contributed by atoms with van der Waals surface area (Å²) in [5.74, 6) is 1.06. The number of hydrogen-bond donors (Lipinski definition) is 2. The number of rotatable bonds is 7. The second-order valence-corrected chi connectivity index (χ2v) is 8.44. The van der Waals surface area contributed by atoms with Crippen LogP contribution in [0.25, 0.3) is 10.9 Å². The minimum absolute atomic E-state index is 0.110. The molecule has 0 aliphatic carbocycles. The van der Waals surface area contributed by atoms with Crippen molar-refractivity contribution in [2.24, 2.45) is 0 Å². The van der Waals surface area contributed by atoms with Crippen LogP contribution in [-0.4, -0.2) is 70.3 Å². The Bertz CT molecular complexity index is 1080. The van der Waals surface area contributed by atoms with E-state index < -0.39 is 6.10 Å². The first kappa shape index (κ1) is 22.0.